The highest BCUT2D eigenvalue weighted by Crippen LogP contribution is 2.23. The number of nitrogens with zero attached hydrogens (tertiary/aromatic N) is 3. The minimum absolute atomic E-state index is 0.0693. The molecule has 0 aliphatic carbocycles. The summed E-state index contributed by atoms with van der Waals surface area (Å²) in [5, 5.41) is 6.80. The number of hydrogen-bond acceptors (Lipinski definition) is 4. The van der Waals surface area contributed by atoms with Crippen LogP contribution in [0, 0.1) is 5.82 Å². The highest BCUT2D eigenvalue weighted by atomic mass is 19.1. The molecular weight excluding hydrogens is 369 g/mol. The summed E-state index contributed by atoms with van der Waals surface area (Å²) in [4.78, 5) is 11.2. The summed E-state index contributed by atoms with van der Waals surface area (Å²) in [6.07, 6.45) is 3.87. The summed E-state index contributed by atoms with van der Waals surface area (Å²) in [6, 6.07) is 7.03. The minimum atomic E-state index is -0.201. The zero-order chi connectivity index (χ0) is 20.9. The molecule has 3 rings (SSSR count). The Morgan fingerprint density at radius 3 is 2.90 bits per heavy atom. The second-order valence-electron chi connectivity index (χ2n) is 8.47. The van der Waals surface area contributed by atoms with E-state index in [-0.39, 0.29) is 17.3 Å². The van der Waals surface area contributed by atoms with Crippen LogP contribution in [-0.2, 0) is 12.0 Å². The lowest BCUT2D eigenvalue weighted by Crippen LogP contribution is -2.51. The molecule has 0 saturated carbocycles. The van der Waals surface area contributed by atoms with Crippen LogP contribution in [0.25, 0.3) is 0 Å². The summed E-state index contributed by atoms with van der Waals surface area (Å²) in [5.41, 5.74) is 0.855. The van der Waals surface area contributed by atoms with Gasteiger partial charge in [0, 0.05) is 36.8 Å². The number of hydrogen-bond donors (Lipinski definition) is 2. The molecule has 0 amide bonds. The van der Waals surface area contributed by atoms with Crippen LogP contribution in [-0.4, -0.2) is 36.6 Å². The van der Waals surface area contributed by atoms with Crippen molar-refractivity contribution in [1.29, 1.82) is 0 Å². The Hall–Kier alpha value is -2.57. The molecule has 1 aromatic heterocycles. The Balaban J connectivity index is 1.63. The molecule has 2 N–H and O–H groups in total. The van der Waals surface area contributed by atoms with E-state index < -0.39 is 0 Å². The molecular formula is C22H32FN5O. The van der Waals surface area contributed by atoms with Gasteiger partial charge >= 0.3 is 0 Å². The highest BCUT2D eigenvalue weighted by Gasteiger charge is 2.22. The first-order chi connectivity index (χ1) is 13.8. The van der Waals surface area contributed by atoms with Crippen LogP contribution in [0.3, 0.4) is 0 Å². The van der Waals surface area contributed by atoms with Gasteiger partial charge in [0.05, 0.1) is 6.20 Å². The average molecular weight is 402 g/mol. The first kappa shape index (κ1) is 21.1. The predicted molar refractivity (Wildman–Crippen MR) is 115 cm³/mol. The smallest absolute Gasteiger partial charge is 0.216 e. The van der Waals surface area contributed by atoms with Crippen molar-refractivity contribution in [3.8, 4) is 0 Å². The molecule has 1 atom stereocenters. The molecule has 1 aliphatic rings. The summed E-state index contributed by atoms with van der Waals surface area (Å²) >= 11 is 0. The second-order valence-corrected chi connectivity index (χ2v) is 8.47. The van der Waals surface area contributed by atoms with E-state index in [1.165, 1.54) is 6.07 Å². The lowest BCUT2D eigenvalue weighted by atomic mass is 9.94. The fourth-order valence-corrected chi connectivity index (χ4v) is 3.39. The van der Waals surface area contributed by atoms with E-state index in [2.05, 4.69) is 46.3 Å². The quantitative estimate of drug-likeness (QED) is 0.589. The largest absolute Gasteiger partial charge is 0.443 e. The van der Waals surface area contributed by atoms with E-state index >= 15 is 0 Å². The van der Waals surface area contributed by atoms with E-state index in [0.29, 0.717) is 12.4 Å². The van der Waals surface area contributed by atoms with Gasteiger partial charge in [-0.3, -0.25) is 0 Å². The molecule has 1 saturated heterocycles. The molecule has 0 radical (unpaired) electrons. The van der Waals surface area contributed by atoms with Crippen LogP contribution < -0.4 is 15.5 Å². The van der Waals surface area contributed by atoms with Crippen molar-refractivity contribution in [2.45, 2.75) is 58.5 Å². The van der Waals surface area contributed by atoms with Gasteiger partial charge in [0.25, 0.3) is 0 Å². The molecule has 1 unspecified atom stereocenters. The van der Waals surface area contributed by atoms with Gasteiger partial charge in [0.15, 0.2) is 5.96 Å². The maximum Gasteiger partial charge on any atom is 0.216 e. The van der Waals surface area contributed by atoms with E-state index in [9.17, 15) is 4.39 Å². The number of guanidine groups is 1. The number of rotatable bonds is 5. The average Bonchev–Trinajstić information content (AvgIpc) is 3.16. The normalized spacial score (nSPS) is 18.0. The Morgan fingerprint density at radius 2 is 2.21 bits per heavy atom. The standard InChI is InChI=1S/C22H32FN5O/c1-5-24-21(26-14-20-25-13-19(29-20)22(2,3)4)27-17-9-7-11-28(15-17)18-10-6-8-16(23)12-18/h6,8,10,12-13,17H,5,7,9,11,14-15H2,1-4H3,(H2,24,26,27). The van der Waals surface area contributed by atoms with Crippen molar-refractivity contribution in [2.24, 2.45) is 4.99 Å². The van der Waals surface area contributed by atoms with Crippen LogP contribution in [0.5, 0.6) is 0 Å². The van der Waals surface area contributed by atoms with Crippen LogP contribution in [0.15, 0.2) is 39.9 Å². The van der Waals surface area contributed by atoms with Crippen LogP contribution >= 0.6 is 0 Å². The topological polar surface area (TPSA) is 65.7 Å². The van der Waals surface area contributed by atoms with Crippen molar-refractivity contribution >= 4 is 11.6 Å². The van der Waals surface area contributed by atoms with Crippen molar-refractivity contribution < 1.29 is 8.81 Å². The molecule has 0 bridgehead atoms. The van der Waals surface area contributed by atoms with Crippen LogP contribution in [0.1, 0.15) is 52.2 Å². The monoisotopic (exact) mass is 401 g/mol. The Morgan fingerprint density at radius 1 is 1.38 bits per heavy atom. The first-order valence-electron chi connectivity index (χ1n) is 10.4. The van der Waals surface area contributed by atoms with Gasteiger partial charge in [0.1, 0.15) is 18.1 Å². The molecule has 1 aliphatic heterocycles. The van der Waals surface area contributed by atoms with Gasteiger partial charge in [-0.1, -0.05) is 26.8 Å². The van der Waals surface area contributed by atoms with E-state index in [0.717, 1.165) is 49.9 Å². The molecule has 6 nitrogen and oxygen atoms in total. The maximum atomic E-state index is 13.6. The number of piperidine rings is 1. The number of aliphatic imine (C=N–C) groups is 1. The number of aromatic nitrogens is 1. The molecule has 0 spiro atoms. The Labute approximate surface area is 172 Å². The second kappa shape index (κ2) is 9.29. The number of oxazole rings is 1. The fourth-order valence-electron chi connectivity index (χ4n) is 3.39. The van der Waals surface area contributed by atoms with E-state index in [1.807, 2.05) is 13.0 Å². The van der Waals surface area contributed by atoms with Crippen LogP contribution in [0.4, 0.5) is 10.1 Å². The molecule has 2 aromatic rings. The van der Waals surface area contributed by atoms with Gasteiger partial charge in [-0.15, -0.1) is 0 Å². The third-order valence-electron chi connectivity index (χ3n) is 4.94. The summed E-state index contributed by atoms with van der Waals surface area (Å²) in [7, 11) is 0. The zero-order valence-electron chi connectivity index (χ0n) is 17.8. The van der Waals surface area contributed by atoms with E-state index in [1.54, 1.807) is 18.3 Å². The SMILES string of the molecule is CCNC(=NCc1ncc(C(C)(C)C)o1)NC1CCCN(c2cccc(F)c2)C1. The van der Waals surface area contributed by atoms with Crippen LogP contribution in [0.2, 0.25) is 0 Å². The summed E-state index contributed by atoms with van der Waals surface area (Å²) in [6.45, 7) is 11.2. The Bertz CT molecular complexity index is 827. The third-order valence-corrected chi connectivity index (χ3v) is 4.94. The number of anilines is 1. The minimum Gasteiger partial charge on any atom is -0.443 e. The van der Waals surface area contributed by atoms with Gasteiger partial charge in [0.2, 0.25) is 5.89 Å². The van der Waals surface area contributed by atoms with Crippen molar-refractivity contribution in [2.75, 3.05) is 24.5 Å². The first-order valence-corrected chi connectivity index (χ1v) is 10.4. The summed E-state index contributed by atoms with van der Waals surface area (Å²) < 4.78 is 19.4. The van der Waals surface area contributed by atoms with Gasteiger partial charge in [-0.05, 0) is 38.0 Å². The molecule has 1 fully saturated rings. The van der Waals surface area contributed by atoms with Crippen molar-refractivity contribution in [1.82, 2.24) is 15.6 Å². The molecule has 158 valence electrons. The molecule has 2 heterocycles. The predicted octanol–water partition coefficient (Wildman–Crippen LogP) is 3.84. The zero-order valence-corrected chi connectivity index (χ0v) is 17.8. The van der Waals surface area contributed by atoms with Crippen molar-refractivity contribution in [3.63, 3.8) is 0 Å². The number of benzene rings is 1. The molecule has 1 aromatic carbocycles. The highest BCUT2D eigenvalue weighted by molar-refractivity contribution is 5.80. The summed E-state index contributed by atoms with van der Waals surface area (Å²) in [5.74, 6) is 2.01. The van der Waals surface area contributed by atoms with Gasteiger partial charge in [-0.25, -0.2) is 14.4 Å². The maximum absolute atomic E-state index is 13.6. The molecule has 29 heavy (non-hydrogen) atoms. The molecule has 7 heteroatoms. The van der Waals surface area contributed by atoms with Gasteiger partial charge < -0.3 is 20.0 Å². The van der Waals surface area contributed by atoms with Gasteiger partial charge in [-0.2, -0.15) is 0 Å². The van der Waals surface area contributed by atoms with Crippen molar-refractivity contribution in [3.05, 3.63) is 47.9 Å². The Kier molecular flexibility index (Phi) is 6.77. The third kappa shape index (κ3) is 5.95. The number of halogens is 1. The van der Waals surface area contributed by atoms with E-state index in [4.69, 9.17) is 4.42 Å². The lowest BCUT2D eigenvalue weighted by molar-refractivity contribution is 0.383. The lowest BCUT2D eigenvalue weighted by Gasteiger charge is -2.35. The number of nitrogens with one attached hydrogen (secondary N) is 2. The fraction of sp³-hybridized carbons (Fsp3) is 0.545.